The molecule has 17 nitrogen and oxygen atoms in total. The lowest BCUT2D eigenvalue weighted by atomic mass is 9.99. The summed E-state index contributed by atoms with van der Waals surface area (Å²) in [5.41, 5.74) is 0. The van der Waals surface area contributed by atoms with Gasteiger partial charge in [0.2, 0.25) is 0 Å². The van der Waals surface area contributed by atoms with Gasteiger partial charge in [-0.1, -0.05) is 382 Å². The Hall–Kier alpha value is -1.94. The summed E-state index contributed by atoms with van der Waals surface area (Å²) in [6.07, 6.45) is 63.7. The molecule has 19 heteroatoms. The lowest BCUT2D eigenvalue weighted by Crippen LogP contribution is -2.30. The predicted octanol–water partition coefficient (Wildman–Crippen LogP) is 24.7. The van der Waals surface area contributed by atoms with Gasteiger partial charge < -0.3 is 33.8 Å². The second-order valence-electron chi connectivity index (χ2n) is 30.0. The van der Waals surface area contributed by atoms with Crippen LogP contribution in [-0.4, -0.2) is 96.7 Å². The topological polar surface area (TPSA) is 237 Å². The van der Waals surface area contributed by atoms with Crippen LogP contribution in [0.2, 0.25) is 0 Å². The van der Waals surface area contributed by atoms with E-state index >= 15 is 0 Å². The molecule has 0 aliphatic rings. The summed E-state index contributed by atoms with van der Waals surface area (Å²) in [6.45, 7) is 9.73. The van der Waals surface area contributed by atoms with Gasteiger partial charge in [0.1, 0.15) is 19.3 Å². The van der Waals surface area contributed by atoms with Crippen molar-refractivity contribution in [2.24, 2.45) is 11.8 Å². The normalized spacial score (nSPS) is 14.4. The Kier molecular flexibility index (Phi) is 72.2. The van der Waals surface area contributed by atoms with Gasteiger partial charge in [-0.2, -0.15) is 0 Å². The number of aliphatic hydroxyl groups is 1. The number of carbonyl (C=O) groups is 4. The number of unbranched alkanes of at least 4 members (excludes halogenated alkanes) is 49. The average molecular weight is 1480 g/mol. The van der Waals surface area contributed by atoms with Crippen LogP contribution in [0, 0.1) is 11.8 Å². The second-order valence-corrected chi connectivity index (χ2v) is 32.9. The summed E-state index contributed by atoms with van der Waals surface area (Å²) >= 11 is 0. The number of esters is 4. The Labute approximate surface area is 619 Å². The van der Waals surface area contributed by atoms with E-state index in [4.69, 9.17) is 37.0 Å². The number of aliphatic hydroxyl groups excluding tert-OH is 1. The smallest absolute Gasteiger partial charge is 0.462 e. The molecule has 0 heterocycles. The second kappa shape index (κ2) is 73.6. The molecule has 0 fully saturated rings. The van der Waals surface area contributed by atoms with E-state index < -0.39 is 97.5 Å². The van der Waals surface area contributed by atoms with Crippen molar-refractivity contribution in [3.63, 3.8) is 0 Å². The molecule has 0 aromatic heterocycles. The Morgan fingerprint density at radius 3 is 0.703 bits per heavy atom. The van der Waals surface area contributed by atoms with Gasteiger partial charge in [-0.25, -0.2) is 9.13 Å². The molecule has 0 rings (SSSR count). The van der Waals surface area contributed by atoms with Crippen LogP contribution in [0.1, 0.15) is 433 Å². The van der Waals surface area contributed by atoms with Crippen LogP contribution in [-0.2, 0) is 65.4 Å². The number of ether oxygens (including phenoxy) is 4. The molecule has 101 heavy (non-hydrogen) atoms. The zero-order valence-corrected chi connectivity index (χ0v) is 68.0. The minimum absolute atomic E-state index is 0.108. The summed E-state index contributed by atoms with van der Waals surface area (Å²) in [7, 11) is -9.92. The highest BCUT2D eigenvalue weighted by Crippen LogP contribution is 2.45. The van der Waals surface area contributed by atoms with Gasteiger partial charge in [-0.05, 0) is 37.5 Å². The van der Waals surface area contributed by atoms with Crippen molar-refractivity contribution in [3.8, 4) is 0 Å². The molecular weight excluding hydrogens is 1320 g/mol. The fourth-order valence-electron chi connectivity index (χ4n) is 12.6. The highest BCUT2D eigenvalue weighted by molar-refractivity contribution is 7.47. The molecule has 0 saturated heterocycles. The monoisotopic (exact) mass is 1480 g/mol. The van der Waals surface area contributed by atoms with Gasteiger partial charge in [-0.15, -0.1) is 0 Å². The summed E-state index contributed by atoms with van der Waals surface area (Å²) in [6, 6.07) is 0. The van der Waals surface area contributed by atoms with Crippen LogP contribution in [0.15, 0.2) is 0 Å². The molecule has 4 unspecified atom stereocenters. The summed E-state index contributed by atoms with van der Waals surface area (Å²) in [5, 5.41) is 10.6. The quantitative estimate of drug-likeness (QED) is 0.0222. The van der Waals surface area contributed by atoms with Gasteiger partial charge >= 0.3 is 39.5 Å². The van der Waals surface area contributed by atoms with Crippen molar-refractivity contribution in [1.29, 1.82) is 0 Å². The Bertz CT molecular complexity index is 1950. The number of phosphoric ester groups is 2. The maximum absolute atomic E-state index is 13.1. The Balaban J connectivity index is 5.21. The van der Waals surface area contributed by atoms with Crippen molar-refractivity contribution in [1.82, 2.24) is 0 Å². The average Bonchev–Trinajstić information content (AvgIpc) is 2.35. The van der Waals surface area contributed by atoms with E-state index in [1.54, 1.807) is 0 Å². The van der Waals surface area contributed by atoms with Gasteiger partial charge in [0.05, 0.1) is 26.4 Å². The van der Waals surface area contributed by atoms with E-state index in [9.17, 15) is 43.2 Å². The minimum Gasteiger partial charge on any atom is -0.462 e. The van der Waals surface area contributed by atoms with E-state index in [2.05, 4.69) is 41.5 Å². The first-order valence-corrected chi connectivity index (χ1v) is 45.6. The third kappa shape index (κ3) is 73.4. The molecule has 0 bridgehead atoms. The molecule has 600 valence electrons. The highest BCUT2D eigenvalue weighted by Gasteiger charge is 2.30. The van der Waals surface area contributed by atoms with Gasteiger partial charge in [0.25, 0.3) is 0 Å². The number of hydrogen-bond acceptors (Lipinski definition) is 15. The molecule has 0 aromatic rings. The fraction of sp³-hybridized carbons (Fsp3) is 0.951. The molecule has 0 saturated carbocycles. The molecule has 3 N–H and O–H groups in total. The first-order valence-electron chi connectivity index (χ1n) is 42.6. The molecular formula is C82H160O17P2. The van der Waals surface area contributed by atoms with Gasteiger partial charge in [-0.3, -0.25) is 37.3 Å². The van der Waals surface area contributed by atoms with Crippen molar-refractivity contribution in [2.75, 3.05) is 39.6 Å². The van der Waals surface area contributed by atoms with E-state index in [-0.39, 0.29) is 25.7 Å². The van der Waals surface area contributed by atoms with Crippen molar-refractivity contribution in [2.45, 2.75) is 452 Å². The van der Waals surface area contributed by atoms with Crippen molar-refractivity contribution < 1.29 is 80.2 Å². The summed E-state index contributed by atoms with van der Waals surface area (Å²) in [5.74, 6) is -0.413. The number of phosphoric acid groups is 2. The first-order chi connectivity index (χ1) is 48.9. The van der Waals surface area contributed by atoms with Crippen LogP contribution in [0.3, 0.4) is 0 Å². The van der Waals surface area contributed by atoms with Crippen LogP contribution in [0.4, 0.5) is 0 Å². The zero-order chi connectivity index (χ0) is 74.2. The van der Waals surface area contributed by atoms with Gasteiger partial charge in [0.15, 0.2) is 12.2 Å². The van der Waals surface area contributed by atoms with Crippen LogP contribution in [0.25, 0.3) is 0 Å². The SMILES string of the molecule is CCCCCCCCCCCCCCCCCCCC(=O)O[C@H](COC(=O)CCCCCCCCCC)COP(=O)(O)OC[C@H](O)COP(=O)(O)OC[C@@H](COC(=O)CCCCCCCCCCCCCCCCC(C)CC)OC(=O)CCCCCCCCCCCCCCCCC(C)CC. The zero-order valence-electron chi connectivity index (χ0n) is 66.2. The summed E-state index contributed by atoms with van der Waals surface area (Å²) < 4.78 is 68.7. The first kappa shape index (κ1) is 99.1. The minimum atomic E-state index is -4.96. The molecule has 0 aliphatic carbocycles. The third-order valence-electron chi connectivity index (χ3n) is 19.9. The molecule has 0 spiro atoms. The third-order valence-corrected chi connectivity index (χ3v) is 21.8. The Morgan fingerprint density at radius 1 is 0.277 bits per heavy atom. The van der Waals surface area contributed by atoms with Crippen LogP contribution < -0.4 is 0 Å². The maximum atomic E-state index is 13.1. The predicted molar refractivity (Wildman–Crippen MR) is 414 cm³/mol. The van der Waals surface area contributed by atoms with E-state index in [0.717, 1.165) is 108 Å². The van der Waals surface area contributed by atoms with Crippen LogP contribution in [0.5, 0.6) is 0 Å². The van der Waals surface area contributed by atoms with Crippen molar-refractivity contribution in [3.05, 3.63) is 0 Å². The molecule has 0 amide bonds. The molecule has 0 aromatic carbocycles. The van der Waals surface area contributed by atoms with Crippen LogP contribution >= 0.6 is 15.6 Å². The standard InChI is InChI=1S/C82H160O17P2/c1-7-11-13-15-17-19-20-21-22-23-24-32-37-42-48-54-60-66-81(86)98-77(70-92-79(84)64-58-52-46-18-16-14-12-8-2)72-96-100(88,89)94-68-76(83)69-95-101(90,91)97-73-78(99-82(87)67-61-55-49-43-38-33-28-26-30-35-40-45-51-57-63-75(6)10-4)71-93-80(85)65-59-53-47-41-36-31-27-25-29-34-39-44-50-56-62-74(5)9-3/h74-78,83H,7-73H2,1-6H3,(H,88,89)(H,90,91)/t74?,75?,76-,77+,78+/m0/s1. The van der Waals surface area contributed by atoms with E-state index in [1.807, 2.05) is 0 Å². The lowest BCUT2D eigenvalue weighted by molar-refractivity contribution is -0.161. The Morgan fingerprint density at radius 2 is 0.475 bits per heavy atom. The summed E-state index contributed by atoms with van der Waals surface area (Å²) in [4.78, 5) is 73.0. The number of hydrogen-bond donors (Lipinski definition) is 3. The maximum Gasteiger partial charge on any atom is 0.472 e. The van der Waals surface area contributed by atoms with E-state index in [0.29, 0.717) is 25.7 Å². The largest absolute Gasteiger partial charge is 0.472 e. The highest BCUT2D eigenvalue weighted by atomic mass is 31.2. The molecule has 0 aliphatic heterocycles. The van der Waals surface area contributed by atoms with E-state index in [1.165, 1.54) is 244 Å². The lowest BCUT2D eigenvalue weighted by Gasteiger charge is -2.21. The number of carbonyl (C=O) groups excluding carboxylic acids is 4. The van der Waals surface area contributed by atoms with Crippen molar-refractivity contribution >= 4 is 39.5 Å². The van der Waals surface area contributed by atoms with Gasteiger partial charge in [0, 0.05) is 25.7 Å². The molecule has 7 atom stereocenters. The molecule has 0 radical (unpaired) electrons. The number of rotatable bonds is 81. The fourth-order valence-corrected chi connectivity index (χ4v) is 14.2.